The number of nitrogens with two attached hydrogens (primary N) is 1. The monoisotopic (exact) mass is 247 g/mol. The Morgan fingerprint density at radius 2 is 1.67 bits per heavy atom. The Morgan fingerprint density at radius 1 is 1.00 bits per heavy atom. The third-order valence-electron chi connectivity index (χ3n) is 3.67. The van der Waals surface area contributed by atoms with E-state index in [2.05, 4.69) is 38.1 Å². The van der Waals surface area contributed by atoms with Gasteiger partial charge in [0.05, 0.1) is 0 Å². The fraction of sp³-hybridized carbons (Fsp3) is 0.647. The second-order valence-electron chi connectivity index (χ2n) is 5.45. The summed E-state index contributed by atoms with van der Waals surface area (Å²) in [4.78, 5) is 0. The SMILES string of the molecule is CCCCCCCCC(N)Cc1ccccc1C. The maximum absolute atomic E-state index is 6.22. The van der Waals surface area contributed by atoms with Crippen LogP contribution in [-0.2, 0) is 6.42 Å². The predicted molar refractivity (Wildman–Crippen MR) is 80.9 cm³/mol. The van der Waals surface area contributed by atoms with Crippen LogP contribution in [0.4, 0.5) is 0 Å². The maximum Gasteiger partial charge on any atom is 0.00794 e. The highest BCUT2D eigenvalue weighted by molar-refractivity contribution is 5.26. The summed E-state index contributed by atoms with van der Waals surface area (Å²) >= 11 is 0. The third-order valence-corrected chi connectivity index (χ3v) is 3.67. The van der Waals surface area contributed by atoms with E-state index in [0.29, 0.717) is 6.04 Å². The number of aryl methyl sites for hydroxylation is 1. The molecule has 1 atom stereocenters. The van der Waals surface area contributed by atoms with Crippen molar-refractivity contribution >= 4 is 0 Å². The van der Waals surface area contributed by atoms with Crippen LogP contribution >= 0.6 is 0 Å². The second-order valence-corrected chi connectivity index (χ2v) is 5.45. The summed E-state index contributed by atoms with van der Waals surface area (Å²) in [5.74, 6) is 0. The molecule has 0 saturated carbocycles. The maximum atomic E-state index is 6.22. The first-order valence-corrected chi connectivity index (χ1v) is 7.54. The molecular weight excluding hydrogens is 218 g/mol. The lowest BCUT2D eigenvalue weighted by molar-refractivity contribution is 0.532. The van der Waals surface area contributed by atoms with Crippen LogP contribution in [0.5, 0.6) is 0 Å². The van der Waals surface area contributed by atoms with Gasteiger partial charge >= 0.3 is 0 Å². The Hall–Kier alpha value is -0.820. The number of unbranched alkanes of at least 4 members (excludes halogenated alkanes) is 5. The van der Waals surface area contributed by atoms with Gasteiger partial charge in [0, 0.05) is 6.04 Å². The number of rotatable bonds is 9. The van der Waals surface area contributed by atoms with Crippen molar-refractivity contribution < 1.29 is 0 Å². The second kappa shape index (κ2) is 9.16. The van der Waals surface area contributed by atoms with Crippen LogP contribution in [-0.4, -0.2) is 6.04 Å². The van der Waals surface area contributed by atoms with Gasteiger partial charge in [-0.25, -0.2) is 0 Å². The Labute approximate surface area is 113 Å². The average Bonchev–Trinajstić information content (AvgIpc) is 2.36. The molecule has 0 aliphatic rings. The van der Waals surface area contributed by atoms with E-state index in [4.69, 9.17) is 5.73 Å². The first-order valence-electron chi connectivity index (χ1n) is 7.54. The molecule has 0 radical (unpaired) electrons. The molecular formula is C17H29N. The standard InChI is InChI=1S/C17H29N/c1-3-4-5-6-7-8-13-17(18)14-16-12-10-9-11-15(16)2/h9-12,17H,3-8,13-14,18H2,1-2H3. The van der Waals surface area contributed by atoms with Crippen LogP contribution in [0.3, 0.4) is 0 Å². The van der Waals surface area contributed by atoms with E-state index in [-0.39, 0.29) is 0 Å². The average molecular weight is 247 g/mol. The van der Waals surface area contributed by atoms with Gasteiger partial charge in [0.1, 0.15) is 0 Å². The van der Waals surface area contributed by atoms with E-state index in [1.54, 1.807) is 0 Å². The van der Waals surface area contributed by atoms with Crippen molar-refractivity contribution in [1.82, 2.24) is 0 Å². The largest absolute Gasteiger partial charge is 0.327 e. The van der Waals surface area contributed by atoms with Gasteiger partial charge in [-0.3, -0.25) is 0 Å². The highest BCUT2D eigenvalue weighted by Crippen LogP contribution is 2.13. The molecule has 1 heteroatoms. The van der Waals surface area contributed by atoms with Crippen LogP contribution in [0.25, 0.3) is 0 Å². The van der Waals surface area contributed by atoms with Gasteiger partial charge in [-0.2, -0.15) is 0 Å². The van der Waals surface area contributed by atoms with Gasteiger partial charge in [-0.05, 0) is 30.9 Å². The molecule has 2 N–H and O–H groups in total. The normalized spacial score (nSPS) is 12.6. The van der Waals surface area contributed by atoms with Gasteiger partial charge < -0.3 is 5.73 Å². The molecule has 1 rings (SSSR count). The van der Waals surface area contributed by atoms with E-state index in [0.717, 1.165) is 6.42 Å². The molecule has 1 nitrogen and oxygen atoms in total. The van der Waals surface area contributed by atoms with Crippen molar-refractivity contribution in [2.75, 3.05) is 0 Å². The zero-order valence-electron chi connectivity index (χ0n) is 12.1. The Bertz CT molecular complexity index is 319. The van der Waals surface area contributed by atoms with Gasteiger partial charge in [0.15, 0.2) is 0 Å². The minimum atomic E-state index is 0.331. The summed E-state index contributed by atoms with van der Waals surface area (Å²) in [6.45, 7) is 4.44. The summed E-state index contributed by atoms with van der Waals surface area (Å²) < 4.78 is 0. The van der Waals surface area contributed by atoms with Gasteiger partial charge in [0.25, 0.3) is 0 Å². The van der Waals surface area contributed by atoms with E-state index in [9.17, 15) is 0 Å². The molecule has 0 aliphatic carbocycles. The zero-order valence-corrected chi connectivity index (χ0v) is 12.1. The molecule has 1 aromatic rings. The zero-order chi connectivity index (χ0) is 13.2. The van der Waals surface area contributed by atoms with Gasteiger partial charge in [-0.1, -0.05) is 69.7 Å². The van der Waals surface area contributed by atoms with Crippen molar-refractivity contribution in [3.8, 4) is 0 Å². The highest BCUT2D eigenvalue weighted by Gasteiger charge is 2.05. The summed E-state index contributed by atoms with van der Waals surface area (Å²) in [7, 11) is 0. The van der Waals surface area contributed by atoms with Crippen LogP contribution in [0.1, 0.15) is 63.0 Å². The Balaban J connectivity index is 2.14. The molecule has 18 heavy (non-hydrogen) atoms. The molecule has 102 valence electrons. The molecule has 0 bridgehead atoms. The molecule has 1 aromatic carbocycles. The van der Waals surface area contributed by atoms with E-state index in [1.807, 2.05) is 0 Å². The smallest absolute Gasteiger partial charge is 0.00794 e. The lowest BCUT2D eigenvalue weighted by Crippen LogP contribution is -2.23. The van der Waals surface area contributed by atoms with Crippen molar-refractivity contribution in [2.45, 2.75) is 71.3 Å². The fourth-order valence-corrected chi connectivity index (χ4v) is 2.41. The van der Waals surface area contributed by atoms with Crippen LogP contribution < -0.4 is 5.73 Å². The fourth-order valence-electron chi connectivity index (χ4n) is 2.41. The van der Waals surface area contributed by atoms with Crippen LogP contribution in [0.2, 0.25) is 0 Å². The van der Waals surface area contributed by atoms with E-state index < -0.39 is 0 Å². The number of benzene rings is 1. The lowest BCUT2D eigenvalue weighted by Gasteiger charge is -2.13. The van der Waals surface area contributed by atoms with Crippen molar-refractivity contribution in [1.29, 1.82) is 0 Å². The van der Waals surface area contributed by atoms with Crippen molar-refractivity contribution in [3.05, 3.63) is 35.4 Å². The molecule has 0 fully saturated rings. The first-order chi connectivity index (χ1) is 8.74. The molecule has 0 spiro atoms. The summed E-state index contributed by atoms with van der Waals surface area (Å²) in [5, 5.41) is 0. The number of hydrogen-bond acceptors (Lipinski definition) is 1. The lowest BCUT2D eigenvalue weighted by atomic mass is 9.97. The number of hydrogen-bond donors (Lipinski definition) is 1. The molecule has 0 saturated heterocycles. The van der Waals surface area contributed by atoms with Crippen LogP contribution in [0.15, 0.2) is 24.3 Å². The minimum Gasteiger partial charge on any atom is -0.327 e. The highest BCUT2D eigenvalue weighted by atomic mass is 14.6. The van der Waals surface area contributed by atoms with Crippen molar-refractivity contribution in [3.63, 3.8) is 0 Å². The third kappa shape index (κ3) is 6.20. The molecule has 0 aliphatic heterocycles. The summed E-state index contributed by atoms with van der Waals surface area (Å²) in [5.41, 5.74) is 9.00. The van der Waals surface area contributed by atoms with Crippen molar-refractivity contribution in [2.24, 2.45) is 5.73 Å². The quantitative estimate of drug-likeness (QED) is 0.633. The molecule has 1 unspecified atom stereocenters. The Morgan fingerprint density at radius 3 is 2.39 bits per heavy atom. The predicted octanol–water partition coefficient (Wildman–Crippen LogP) is 4.62. The summed E-state index contributed by atoms with van der Waals surface area (Å²) in [6, 6.07) is 8.92. The first kappa shape index (κ1) is 15.2. The minimum absolute atomic E-state index is 0.331. The van der Waals surface area contributed by atoms with Gasteiger partial charge in [0.2, 0.25) is 0 Å². The topological polar surface area (TPSA) is 26.0 Å². The van der Waals surface area contributed by atoms with Gasteiger partial charge in [-0.15, -0.1) is 0 Å². The van der Waals surface area contributed by atoms with Crippen LogP contribution in [0, 0.1) is 6.92 Å². The van der Waals surface area contributed by atoms with E-state index >= 15 is 0 Å². The summed E-state index contributed by atoms with van der Waals surface area (Å²) in [6.07, 6.45) is 10.3. The molecule has 0 heterocycles. The van der Waals surface area contributed by atoms with E-state index in [1.165, 1.54) is 56.1 Å². The Kier molecular flexibility index (Phi) is 7.75. The molecule has 0 amide bonds. The molecule has 0 aromatic heterocycles.